The fourth-order valence-electron chi connectivity index (χ4n) is 2.66. The summed E-state index contributed by atoms with van der Waals surface area (Å²) in [5.74, 6) is 0.696. The Hall–Kier alpha value is -1.80. The van der Waals surface area contributed by atoms with Crippen LogP contribution < -0.4 is 14.8 Å². The highest BCUT2D eigenvalue weighted by atomic mass is 32.2. The molecule has 1 N–H and O–H groups in total. The van der Waals surface area contributed by atoms with Crippen molar-refractivity contribution in [2.24, 2.45) is 0 Å². The molecule has 8 heteroatoms. The van der Waals surface area contributed by atoms with E-state index in [0.717, 1.165) is 0 Å². The van der Waals surface area contributed by atoms with Gasteiger partial charge >= 0.3 is 0 Å². The van der Waals surface area contributed by atoms with Crippen LogP contribution >= 0.6 is 0 Å². The number of benzene rings is 1. The number of methoxy groups -OCH3 is 2. The van der Waals surface area contributed by atoms with Gasteiger partial charge in [-0.2, -0.15) is 4.31 Å². The maximum absolute atomic E-state index is 12.8. The van der Waals surface area contributed by atoms with Crippen molar-refractivity contribution in [3.63, 3.8) is 0 Å². The molecule has 1 amide bonds. The number of nitrogens with one attached hydrogen (secondary N) is 1. The van der Waals surface area contributed by atoms with Gasteiger partial charge in [-0.05, 0) is 25.0 Å². The molecule has 1 aromatic carbocycles. The molecule has 0 aromatic heterocycles. The molecule has 0 spiro atoms. The van der Waals surface area contributed by atoms with Gasteiger partial charge in [0, 0.05) is 32.1 Å². The van der Waals surface area contributed by atoms with Crippen molar-refractivity contribution in [2.75, 3.05) is 27.3 Å². The molecule has 0 radical (unpaired) electrons. The largest absolute Gasteiger partial charge is 0.497 e. The summed E-state index contributed by atoms with van der Waals surface area (Å²) >= 11 is 0. The van der Waals surface area contributed by atoms with E-state index >= 15 is 0 Å². The molecule has 1 saturated heterocycles. The van der Waals surface area contributed by atoms with Crippen LogP contribution in [-0.2, 0) is 14.8 Å². The highest BCUT2D eigenvalue weighted by molar-refractivity contribution is 7.89. The van der Waals surface area contributed by atoms with Crippen LogP contribution in [0, 0.1) is 0 Å². The highest BCUT2D eigenvalue weighted by Crippen LogP contribution is 2.31. The van der Waals surface area contributed by atoms with Gasteiger partial charge in [-0.1, -0.05) is 0 Å². The lowest BCUT2D eigenvalue weighted by Crippen LogP contribution is -2.46. The summed E-state index contributed by atoms with van der Waals surface area (Å²) in [6.45, 7) is 2.19. The lowest BCUT2D eigenvalue weighted by atomic mass is 10.1. The van der Waals surface area contributed by atoms with Gasteiger partial charge < -0.3 is 14.8 Å². The van der Waals surface area contributed by atoms with E-state index in [-0.39, 0.29) is 22.6 Å². The molecule has 2 rings (SSSR count). The third-order valence-electron chi connectivity index (χ3n) is 3.85. The molecular weight excluding hydrogens is 320 g/mol. The Kier molecular flexibility index (Phi) is 5.48. The molecule has 0 aliphatic carbocycles. The summed E-state index contributed by atoms with van der Waals surface area (Å²) in [6, 6.07) is 4.67. The molecule has 1 heterocycles. The number of rotatable bonds is 5. The zero-order valence-corrected chi connectivity index (χ0v) is 14.4. The van der Waals surface area contributed by atoms with Gasteiger partial charge in [-0.25, -0.2) is 8.42 Å². The van der Waals surface area contributed by atoms with E-state index < -0.39 is 10.0 Å². The Morgan fingerprint density at radius 1 is 1.22 bits per heavy atom. The second-order valence-corrected chi connectivity index (χ2v) is 7.30. The van der Waals surface area contributed by atoms with E-state index in [9.17, 15) is 13.2 Å². The fraction of sp³-hybridized carbons (Fsp3) is 0.533. The van der Waals surface area contributed by atoms with Crippen molar-refractivity contribution in [1.82, 2.24) is 9.62 Å². The minimum atomic E-state index is -3.64. The Balaban J connectivity index is 2.18. The van der Waals surface area contributed by atoms with Crippen LogP contribution in [0.3, 0.4) is 0 Å². The molecule has 0 bridgehead atoms. The van der Waals surface area contributed by atoms with E-state index in [1.807, 2.05) is 0 Å². The maximum Gasteiger partial charge on any atom is 0.246 e. The van der Waals surface area contributed by atoms with Gasteiger partial charge in [0.15, 0.2) is 0 Å². The summed E-state index contributed by atoms with van der Waals surface area (Å²) in [6.07, 6.45) is 1.19. The van der Waals surface area contributed by atoms with Gasteiger partial charge in [0.1, 0.15) is 16.4 Å². The molecule has 23 heavy (non-hydrogen) atoms. The van der Waals surface area contributed by atoms with Gasteiger partial charge in [0.2, 0.25) is 15.9 Å². The number of carbonyl (C=O) groups is 1. The van der Waals surface area contributed by atoms with E-state index in [4.69, 9.17) is 9.47 Å². The lowest BCUT2D eigenvalue weighted by molar-refractivity contribution is -0.119. The molecule has 1 aliphatic heterocycles. The van der Waals surface area contributed by atoms with Gasteiger partial charge in [-0.3, -0.25) is 4.79 Å². The quantitative estimate of drug-likeness (QED) is 0.863. The van der Waals surface area contributed by atoms with E-state index in [1.165, 1.54) is 31.5 Å². The molecule has 128 valence electrons. The molecule has 0 atom stereocenters. The number of hydrogen-bond acceptors (Lipinski definition) is 5. The van der Waals surface area contributed by atoms with Crippen LogP contribution in [0.2, 0.25) is 0 Å². The second-order valence-electron chi connectivity index (χ2n) is 5.40. The van der Waals surface area contributed by atoms with Crippen molar-refractivity contribution < 1.29 is 22.7 Å². The number of carbonyl (C=O) groups excluding carboxylic acids is 1. The van der Waals surface area contributed by atoms with Crippen LogP contribution in [0.5, 0.6) is 11.5 Å². The third kappa shape index (κ3) is 3.94. The normalized spacial score (nSPS) is 16.8. The predicted octanol–water partition coefficient (Wildman–Crippen LogP) is 0.993. The Morgan fingerprint density at radius 2 is 1.87 bits per heavy atom. The number of hydrogen-bond donors (Lipinski definition) is 1. The zero-order valence-electron chi connectivity index (χ0n) is 13.5. The van der Waals surface area contributed by atoms with Crippen LogP contribution in [-0.4, -0.2) is 52.0 Å². The Bertz CT molecular complexity index is 666. The fourth-order valence-corrected chi connectivity index (χ4v) is 4.26. The van der Waals surface area contributed by atoms with Crippen molar-refractivity contribution in [1.29, 1.82) is 0 Å². The molecule has 7 nitrogen and oxygen atoms in total. The maximum atomic E-state index is 12.8. The summed E-state index contributed by atoms with van der Waals surface area (Å²) < 4.78 is 37.3. The van der Waals surface area contributed by atoms with Gasteiger partial charge in [-0.15, -0.1) is 0 Å². The molecule has 1 aliphatic rings. The average molecular weight is 342 g/mol. The zero-order chi connectivity index (χ0) is 17.0. The number of sulfonamides is 1. The highest BCUT2D eigenvalue weighted by Gasteiger charge is 2.31. The first-order valence-corrected chi connectivity index (χ1v) is 8.81. The summed E-state index contributed by atoms with van der Waals surface area (Å²) in [4.78, 5) is 11.2. The van der Waals surface area contributed by atoms with Crippen LogP contribution in [0.4, 0.5) is 0 Å². The van der Waals surface area contributed by atoms with Crippen molar-refractivity contribution >= 4 is 15.9 Å². The Morgan fingerprint density at radius 3 is 2.39 bits per heavy atom. The van der Waals surface area contributed by atoms with Crippen molar-refractivity contribution in [2.45, 2.75) is 30.7 Å². The topological polar surface area (TPSA) is 84.9 Å². The summed E-state index contributed by atoms with van der Waals surface area (Å²) in [5, 5.41) is 2.83. The van der Waals surface area contributed by atoms with Crippen molar-refractivity contribution in [3.05, 3.63) is 18.2 Å². The van der Waals surface area contributed by atoms with Crippen molar-refractivity contribution in [3.8, 4) is 11.5 Å². The van der Waals surface area contributed by atoms with Gasteiger partial charge in [0.25, 0.3) is 0 Å². The van der Waals surface area contributed by atoms with Crippen LogP contribution in [0.15, 0.2) is 23.1 Å². The first-order chi connectivity index (χ1) is 10.9. The number of nitrogens with zero attached hydrogens (tertiary/aromatic N) is 1. The summed E-state index contributed by atoms with van der Waals surface area (Å²) in [7, 11) is -0.705. The average Bonchev–Trinajstić information content (AvgIpc) is 2.54. The third-order valence-corrected chi connectivity index (χ3v) is 5.79. The van der Waals surface area contributed by atoms with E-state index in [1.54, 1.807) is 12.1 Å². The minimum Gasteiger partial charge on any atom is -0.497 e. The smallest absolute Gasteiger partial charge is 0.246 e. The minimum absolute atomic E-state index is 0.0247. The Labute approximate surface area is 136 Å². The van der Waals surface area contributed by atoms with Crippen LogP contribution in [0.25, 0.3) is 0 Å². The number of amides is 1. The van der Waals surface area contributed by atoms with Crippen LogP contribution in [0.1, 0.15) is 19.8 Å². The van der Waals surface area contributed by atoms with E-state index in [0.29, 0.717) is 31.7 Å². The molecule has 0 unspecified atom stereocenters. The molecule has 1 aromatic rings. The predicted molar refractivity (Wildman–Crippen MR) is 85.1 cm³/mol. The SMILES string of the molecule is COc1ccc(S(=O)(=O)N2CCC(NC(C)=O)CC2)c(OC)c1. The molecule has 0 saturated carbocycles. The standard InChI is InChI=1S/C15H22N2O5S/c1-11(18)16-12-6-8-17(9-7-12)23(19,20)15-5-4-13(21-2)10-14(15)22-3/h4-5,10,12H,6-9H2,1-3H3,(H,16,18). The van der Waals surface area contributed by atoms with Gasteiger partial charge in [0.05, 0.1) is 14.2 Å². The van der Waals surface area contributed by atoms with E-state index in [2.05, 4.69) is 5.32 Å². The molecule has 1 fully saturated rings. The number of piperidine rings is 1. The second kappa shape index (κ2) is 7.18. The first kappa shape index (κ1) is 17.6. The lowest BCUT2D eigenvalue weighted by Gasteiger charge is -2.31. The first-order valence-electron chi connectivity index (χ1n) is 7.37. The monoisotopic (exact) mass is 342 g/mol. The molecular formula is C15H22N2O5S. The summed E-state index contributed by atoms with van der Waals surface area (Å²) in [5.41, 5.74) is 0. The number of ether oxygens (including phenoxy) is 2.